The van der Waals surface area contributed by atoms with Gasteiger partial charge in [-0.2, -0.15) is 0 Å². The molecular weight excluding hydrogens is 444 g/mol. The highest BCUT2D eigenvalue weighted by atomic mass is 35.5. The van der Waals surface area contributed by atoms with Crippen LogP contribution in [0.1, 0.15) is 32.3 Å². The number of morpholine rings is 1. The van der Waals surface area contributed by atoms with Crippen molar-refractivity contribution >= 4 is 28.9 Å². The van der Waals surface area contributed by atoms with Crippen LogP contribution in [0.2, 0.25) is 5.02 Å². The molecule has 1 N–H and O–H groups in total. The number of nitrogens with zero attached hydrogens (tertiary/aromatic N) is 1. The van der Waals surface area contributed by atoms with Crippen LogP contribution in [-0.4, -0.2) is 52.0 Å². The Hall–Kier alpha value is -2.64. The molecule has 0 bridgehead atoms. The minimum Gasteiger partial charge on any atom is -0.494 e. The minimum atomic E-state index is -0.103. The van der Waals surface area contributed by atoms with Crippen LogP contribution >= 0.6 is 11.6 Å². The van der Waals surface area contributed by atoms with Crippen molar-refractivity contribution < 1.29 is 23.7 Å². The lowest BCUT2D eigenvalue weighted by atomic mass is 10.2. The third-order valence-electron chi connectivity index (χ3n) is 5.23. The summed E-state index contributed by atoms with van der Waals surface area (Å²) in [6.45, 7) is 10.2. The second kappa shape index (κ2) is 12.6. The van der Waals surface area contributed by atoms with Crippen LogP contribution in [0.5, 0.6) is 17.2 Å². The van der Waals surface area contributed by atoms with E-state index in [9.17, 15) is 4.79 Å². The molecule has 0 spiro atoms. The summed E-state index contributed by atoms with van der Waals surface area (Å²) in [4.78, 5) is 14.8. The van der Waals surface area contributed by atoms with Gasteiger partial charge in [0.25, 0.3) is 0 Å². The summed E-state index contributed by atoms with van der Waals surface area (Å²) < 4.78 is 22.9. The predicted octanol–water partition coefficient (Wildman–Crippen LogP) is 5.08. The predicted molar refractivity (Wildman–Crippen MR) is 131 cm³/mol. The summed E-state index contributed by atoms with van der Waals surface area (Å²) in [7, 11) is 0. The molecule has 1 aliphatic rings. The summed E-state index contributed by atoms with van der Waals surface area (Å²) in [6, 6.07) is 9.33. The van der Waals surface area contributed by atoms with E-state index < -0.39 is 0 Å². The van der Waals surface area contributed by atoms with Gasteiger partial charge in [-0.05, 0) is 51.0 Å². The molecule has 0 saturated carbocycles. The number of carbonyl (C=O) groups is 1. The van der Waals surface area contributed by atoms with Crippen LogP contribution in [0.3, 0.4) is 0 Å². The van der Waals surface area contributed by atoms with Crippen LogP contribution in [0.25, 0.3) is 0 Å². The second-order valence-corrected chi connectivity index (χ2v) is 8.10. The average Bonchev–Trinajstić information content (AvgIpc) is 2.81. The zero-order valence-corrected chi connectivity index (χ0v) is 20.4. The Morgan fingerprint density at radius 2 is 1.79 bits per heavy atom. The van der Waals surface area contributed by atoms with Gasteiger partial charge in [0.05, 0.1) is 44.4 Å². The summed E-state index contributed by atoms with van der Waals surface area (Å²) in [5.41, 5.74) is 2.52. The fourth-order valence-corrected chi connectivity index (χ4v) is 3.70. The normalized spacial score (nSPS) is 13.5. The van der Waals surface area contributed by atoms with Gasteiger partial charge in [-0.3, -0.25) is 4.79 Å². The van der Waals surface area contributed by atoms with Gasteiger partial charge in [0.2, 0.25) is 5.91 Å². The molecule has 0 atom stereocenters. The molecule has 2 aromatic rings. The van der Waals surface area contributed by atoms with Crippen LogP contribution in [0.4, 0.5) is 11.4 Å². The van der Waals surface area contributed by atoms with E-state index in [4.69, 9.17) is 30.5 Å². The largest absolute Gasteiger partial charge is 0.494 e. The molecular formula is C25H33ClN2O5. The molecule has 1 aliphatic heterocycles. The maximum atomic E-state index is 12.6. The van der Waals surface area contributed by atoms with Crippen LogP contribution in [-0.2, 0) is 9.53 Å². The number of ether oxygens (including phenoxy) is 4. The Morgan fingerprint density at radius 3 is 2.48 bits per heavy atom. The number of carbonyl (C=O) groups excluding carboxylic acids is 1. The fraction of sp³-hybridized carbons (Fsp3) is 0.480. The third kappa shape index (κ3) is 7.17. The Bertz CT molecular complexity index is 931. The quantitative estimate of drug-likeness (QED) is 0.456. The lowest BCUT2D eigenvalue weighted by Gasteiger charge is -2.31. The molecule has 33 heavy (non-hydrogen) atoms. The molecule has 2 aromatic carbocycles. The van der Waals surface area contributed by atoms with Crippen molar-refractivity contribution in [3.63, 3.8) is 0 Å². The zero-order valence-electron chi connectivity index (χ0n) is 19.6. The Labute approximate surface area is 200 Å². The molecule has 0 radical (unpaired) electrons. The molecule has 0 unspecified atom stereocenters. The first-order valence-corrected chi connectivity index (χ1v) is 11.8. The van der Waals surface area contributed by atoms with Gasteiger partial charge in [-0.15, -0.1) is 0 Å². The first-order chi connectivity index (χ1) is 16.0. The molecule has 7 nitrogen and oxygen atoms in total. The molecule has 8 heteroatoms. The fourth-order valence-electron chi connectivity index (χ4n) is 3.59. The number of rotatable bonds is 11. The van der Waals surface area contributed by atoms with Crippen molar-refractivity contribution in [2.75, 3.05) is 56.3 Å². The monoisotopic (exact) mass is 476 g/mol. The number of halogens is 1. The zero-order chi connectivity index (χ0) is 23.6. The number of hydrogen-bond acceptors (Lipinski definition) is 6. The smallest absolute Gasteiger partial charge is 0.224 e. The van der Waals surface area contributed by atoms with Crippen molar-refractivity contribution in [3.05, 3.63) is 40.9 Å². The Kier molecular flexibility index (Phi) is 9.51. The molecule has 3 rings (SSSR count). The van der Waals surface area contributed by atoms with Gasteiger partial charge in [-0.25, -0.2) is 0 Å². The maximum Gasteiger partial charge on any atom is 0.224 e. The van der Waals surface area contributed by atoms with E-state index in [1.807, 2.05) is 51.1 Å². The number of hydrogen-bond donors (Lipinski definition) is 1. The number of aryl methyl sites for hydroxylation is 1. The van der Waals surface area contributed by atoms with E-state index in [-0.39, 0.29) is 5.91 Å². The molecule has 1 amide bonds. The summed E-state index contributed by atoms with van der Waals surface area (Å²) in [6.07, 6.45) is 0.912. The second-order valence-electron chi connectivity index (χ2n) is 7.69. The summed E-state index contributed by atoms with van der Waals surface area (Å²) in [5, 5.41) is 3.69. The maximum absolute atomic E-state index is 12.6. The Balaban J connectivity index is 1.63. The third-order valence-corrected chi connectivity index (χ3v) is 5.66. The first-order valence-electron chi connectivity index (χ1n) is 11.5. The number of nitrogens with one attached hydrogen (secondary N) is 1. The van der Waals surface area contributed by atoms with Gasteiger partial charge >= 0.3 is 0 Å². The minimum absolute atomic E-state index is 0.103. The van der Waals surface area contributed by atoms with Crippen molar-refractivity contribution in [2.24, 2.45) is 0 Å². The number of anilines is 2. The molecule has 1 heterocycles. The van der Waals surface area contributed by atoms with Crippen molar-refractivity contribution in [2.45, 2.75) is 33.6 Å². The van der Waals surface area contributed by atoms with E-state index in [1.165, 1.54) is 0 Å². The highest BCUT2D eigenvalue weighted by Crippen LogP contribution is 2.39. The van der Waals surface area contributed by atoms with E-state index in [2.05, 4.69) is 10.2 Å². The number of benzene rings is 2. The standard InChI is InChI=1S/C25H33ClN2O5/c1-4-31-23-17-22(28-10-13-30-14-11-28)24(32-5-2)16-21(23)27-25(29)7-6-12-33-19-8-9-20(26)18(3)15-19/h8-9,15-17H,4-7,10-14H2,1-3H3,(H,27,29). The van der Waals surface area contributed by atoms with Crippen LogP contribution < -0.4 is 24.4 Å². The highest BCUT2D eigenvalue weighted by Gasteiger charge is 2.20. The highest BCUT2D eigenvalue weighted by molar-refractivity contribution is 6.31. The molecule has 0 aliphatic carbocycles. The lowest BCUT2D eigenvalue weighted by Crippen LogP contribution is -2.36. The van der Waals surface area contributed by atoms with Crippen molar-refractivity contribution in [1.29, 1.82) is 0 Å². The first kappa shape index (κ1) is 25.0. The van der Waals surface area contributed by atoms with Gasteiger partial charge in [-0.1, -0.05) is 11.6 Å². The van der Waals surface area contributed by atoms with E-state index in [1.54, 1.807) is 0 Å². The van der Waals surface area contributed by atoms with Gasteiger partial charge in [0.1, 0.15) is 17.2 Å². The SMILES string of the molecule is CCOc1cc(N2CCOCC2)c(OCC)cc1NC(=O)CCCOc1ccc(Cl)c(C)c1. The summed E-state index contributed by atoms with van der Waals surface area (Å²) in [5.74, 6) is 1.99. The van der Waals surface area contributed by atoms with Crippen molar-refractivity contribution in [1.82, 2.24) is 0 Å². The molecule has 0 aromatic heterocycles. The number of amides is 1. The molecule has 1 saturated heterocycles. The molecule has 180 valence electrons. The van der Waals surface area contributed by atoms with Crippen molar-refractivity contribution in [3.8, 4) is 17.2 Å². The van der Waals surface area contributed by atoms with Crippen LogP contribution in [0, 0.1) is 6.92 Å². The average molecular weight is 477 g/mol. The van der Waals surface area contributed by atoms with Gasteiger partial charge in [0.15, 0.2) is 0 Å². The summed E-state index contributed by atoms with van der Waals surface area (Å²) >= 11 is 6.04. The van der Waals surface area contributed by atoms with E-state index in [0.29, 0.717) is 62.3 Å². The van der Waals surface area contributed by atoms with Gasteiger partial charge in [0, 0.05) is 36.7 Å². The molecule has 1 fully saturated rings. The lowest BCUT2D eigenvalue weighted by molar-refractivity contribution is -0.116. The van der Waals surface area contributed by atoms with E-state index >= 15 is 0 Å². The Morgan fingerprint density at radius 1 is 1.06 bits per heavy atom. The van der Waals surface area contributed by atoms with E-state index in [0.717, 1.165) is 35.8 Å². The van der Waals surface area contributed by atoms with Gasteiger partial charge < -0.3 is 29.2 Å². The van der Waals surface area contributed by atoms with Crippen LogP contribution in [0.15, 0.2) is 30.3 Å². The topological polar surface area (TPSA) is 69.3 Å².